The Balaban J connectivity index is 2.78. The van der Waals surface area contributed by atoms with Gasteiger partial charge in [0.05, 0.1) is 7.11 Å². The van der Waals surface area contributed by atoms with Crippen molar-refractivity contribution in [3.8, 4) is 0 Å². The molecular weight excluding hydrogens is 262 g/mol. The number of aliphatic hydroxyl groups is 1. The van der Waals surface area contributed by atoms with Crippen LogP contribution in [0.5, 0.6) is 0 Å². The van der Waals surface area contributed by atoms with Crippen molar-refractivity contribution in [3.05, 3.63) is 0 Å². The van der Waals surface area contributed by atoms with Crippen LogP contribution in [0.1, 0.15) is 34.6 Å². The average Bonchev–Trinajstić information content (AvgIpc) is 2.84. The summed E-state index contributed by atoms with van der Waals surface area (Å²) < 4.78 is 9.90. The maximum Gasteiger partial charge on any atom is 0.408 e. The number of aliphatic hydroxyl groups excluding tert-OH is 1. The van der Waals surface area contributed by atoms with Crippen molar-refractivity contribution in [1.82, 2.24) is 5.32 Å². The maximum atomic E-state index is 11.9. The summed E-state index contributed by atoms with van der Waals surface area (Å²) in [6, 6.07) is -0.804. The van der Waals surface area contributed by atoms with Crippen molar-refractivity contribution in [1.29, 1.82) is 0 Å². The van der Waals surface area contributed by atoms with Crippen LogP contribution in [-0.2, 0) is 14.3 Å². The molecule has 0 unspecified atom stereocenters. The Hall–Kier alpha value is -1.30. The highest BCUT2D eigenvalue weighted by Crippen LogP contribution is 2.59. The summed E-state index contributed by atoms with van der Waals surface area (Å²) in [6.07, 6.45) is -0.660. The van der Waals surface area contributed by atoms with Gasteiger partial charge in [0.25, 0.3) is 0 Å². The summed E-state index contributed by atoms with van der Waals surface area (Å²) >= 11 is 0. The largest absolute Gasteiger partial charge is 0.467 e. The molecule has 2 N–H and O–H groups in total. The number of ether oxygens (including phenoxy) is 2. The first kappa shape index (κ1) is 16.8. The summed E-state index contributed by atoms with van der Waals surface area (Å²) in [6.45, 7) is 9.11. The van der Waals surface area contributed by atoms with E-state index in [1.807, 2.05) is 13.8 Å². The molecule has 0 aromatic rings. The van der Waals surface area contributed by atoms with E-state index in [9.17, 15) is 14.7 Å². The van der Waals surface area contributed by atoms with E-state index in [1.54, 1.807) is 20.8 Å². The Morgan fingerprint density at radius 1 is 1.35 bits per heavy atom. The molecular formula is C14H25NO5. The van der Waals surface area contributed by atoms with E-state index in [1.165, 1.54) is 7.11 Å². The maximum absolute atomic E-state index is 11.9. The molecule has 1 aliphatic rings. The first-order valence-corrected chi connectivity index (χ1v) is 6.72. The van der Waals surface area contributed by atoms with Gasteiger partial charge in [0, 0.05) is 12.5 Å². The number of alkyl carbamates (subject to hydrolysis) is 1. The summed E-state index contributed by atoms with van der Waals surface area (Å²) in [7, 11) is 1.27. The van der Waals surface area contributed by atoms with Crippen LogP contribution < -0.4 is 5.32 Å². The zero-order chi connectivity index (χ0) is 15.7. The summed E-state index contributed by atoms with van der Waals surface area (Å²) in [5.41, 5.74) is -0.858. The summed E-state index contributed by atoms with van der Waals surface area (Å²) in [5.74, 6) is -0.723. The second-order valence-electron chi connectivity index (χ2n) is 6.78. The van der Waals surface area contributed by atoms with E-state index in [2.05, 4.69) is 5.32 Å². The quantitative estimate of drug-likeness (QED) is 0.762. The highest BCUT2D eigenvalue weighted by atomic mass is 16.6. The zero-order valence-electron chi connectivity index (χ0n) is 13.0. The van der Waals surface area contributed by atoms with Gasteiger partial charge in [0.2, 0.25) is 0 Å². The van der Waals surface area contributed by atoms with E-state index in [-0.39, 0.29) is 23.9 Å². The Kier molecular flexibility index (Phi) is 4.69. The minimum Gasteiger partial charge on any atom is -0.467 e. The highest BCUT2D eigenvalue weighted by Gasteiger charge is 2.62. The molecule has 0 bridgehead atoms. The molecule has 6 heteroatoms. The van der Waals surface area contributed by atoms with Crippen LogP contribution in [0.4, 0.5) is 4.79 Å². The fraction of sp³-hybridized carbons (Fsp3) is 0.857. The molecule has 0 heterocycles. The van der Waals surface area contributed by atoms with Gasteiger partial charge < -0.3 is 19.9 Å². The van der Waals surface area contributed by atoms with E-state index in [4.69, 9.17) is 9.47 Å². The minimum atomic E-state index is -0.804. The van der Waals surface area contributed by atoms with Crippen LogP contribution in [0.25, 0.3) is 0 Å². The minimum absolute atomic E-state index is 0.0266. The van der Waals surface area contributed by atoms with E-state index < -0.39 is 23.7 Å². The van der Waals surface area contributed by atoms with Gasteiger partial charge >= 0.3 is 12.1 Å². The lowest BCUT2D eigenvalue weighted by Crippen LogP contribution is -2.46. The monoisotopic (exact) mass is 287 g/mol. The Bertz CT molecular complexity index is 386. The van der Waals surface area contributed by atoms with Crippen LogP contribution in [0.15, 0.2) is 0 Å². The average molecular weight is 287 g/mol. The first-order chi connectivity index (χ1) is 9.04. The molecule has 3 atom stereocenters. The van der Waals surface area contributed by atoms with Crippen LogP contribution in [0.2, 0.25) is 0 Å². The molecule has 0 radical (unpaired) electrons. The molecule has 1 aliphatic carbocycles. The Labute approximate surface area is 119 Å². The number of nitrogens with one attached hydrogen (secondary N) is 1. The Morgan fingerprint density at radius 2 is 1.90 bits per heavy atom. The molecule has 1 rings (SSSR count). The number of esters is 1. The summed E-state index contributed by atoms with van der Waals surface area (Å²) in [5, 5.41) is 11.9. The number of rotatable bonds is 4. The topological polar surface area (TPSA) is 84.9 Å². The smallest absolute Gasteiger partial charge is 0.408 e. The van der Waals surface area contributed by atoms with E-state index in [0.29, 0.717) is 0 Å². The van der Waals surface area contributed by atoms with Gasteiger partial charge in [0.1, 0.15) is 11.6 Å². The number of carbonyl (C=O) groups excluding carboxylic acids is 2. The number of amides is 1. The summed E-state index contributed by atoms with van der Waals surface area (Å²) in [4.78, 5) is 23.7. The molecule has 116 valence electrons. The van der Waals surface area contributed by atoms with Crippen molar-refractivity contribution in [2.24, 2.45) is 17.3 Å². The lowest BCUT2D eigenvalue weighted by atomic mass is 10.0. The molecule has 0 aromatic carbocycles. The molecule has 0 saturated heterocycles. The van der Waals surface area contributed by atoms with Crippen molar-refractivity contribution >= 4 is 12.1 Å². The SMILES string of the molecule is COC(=O)[C@H](NC(=O)OC(C)(C)C)[C@@H]1[C@H](CO)C1(C)C. The third-order valence-corrected chi connectivity index (χ3v) is 3.82. The molecule has 6 nitrogen and oxygen atoms in total. The number of hydrogen-bond donors (Lipinski definition) is 2. The Morgan fingerprint density at radius 3 is 2.25 bits per heavy atom. The second kappa shape index (κ2) is 5.60. The lowest BCUT2D eigenvalue weighted by molar-refractivity contribution is -0.144. The van der Waals surface area contributed by atoms with Gasteiger partial charge in [-0.1, -0.05) is 13.8 Å². The third-order valence-electron chi connectivity index (χ3n) is 3.82. The molecule has 20 heavy (non-hydrogen) atoms. The van der Waals surface area contributed by atoms with Gasteiger partial charge in [-0.05, 0) is 32.1 Å². The van der Waals surface area contributed by atoms with Gasteiger partial charge in [-0.2, -0.15) is 0 Å². The van der Waals surface area contributed by atoms with Crippen molar-refractivity contribution in [2.45, 2.75) is 46.3 Å². The predicted molar refractivity (Wildman–Crippen MR) is 73.0 cm³/mol. The number of hydrogen-bond acceptors (Lipinski definition) is 5. The zero-order valence-corrected chi connectivity index (χ0v) is 13.0. The third kappa shape index (κ3) is 3.62. The van der Waals surface area contributed by atoms with Gasteiger partial charge in [-0.15, -0.1) is 0 Å². The lowest BCUT2D eigenvalue weighted by Gasteiger charge is -2.23. The molecule has 1 fully saturated rings. The van der Waals surface area contributed by atoms with Crippen LogP contribution in [0.3, 0.4) is 0 Å². The van der Waals surface area contributed by atoms with E-state index >= 15 is 0 Å². The van der Waals surface area contributed by atoms with Gasteiger partial charge in [-0.3, -0.25) is 0 Å². The number of methoxy groups -OCH3 is 1. The number of carbonyl (C=O) groups is 2. The van der Waals surface area contributed by atoms with Crippen molar-refractivity contribution < 1.29 is 24.2 Å². The van der Waals surface area contributed by atoms with Crippen LogP contribution in [0, 0.1) is 17.3 Å². The molecule has 0 aliphatic heterocycles. The standard InChI is InChI=1S/C14H25NO5/c1-13(2,3)20-12(18)15-10(11(17)19-6)9-8(7-16)14(9,4)5/h8-10,16H,7H2,1-6H3,(H,15,18)/t8-,9-,10+/m0/s1. The highest BCUT2D eigenvalue weighted by molar-refractivity contribution is 5.82. The molecule has 1 amide bonds. The predicted octanol–water partition coefficient (Wildman–Crippen LogP) is 1.32. The van der Waals surface area contributed by atoms with Crippen LogP contribution >= 0.6 is 0 Å². The van der Waals surface area contributed by atoms with Crippen LogP contribution in [-0.4, -0.2) is 42.5 Å². The molecule has 0 aromatic heterocycles. The van der Waals surface area contributed by atoms with Gasteiger partial charge in [0.15, 0.2) is 0 Å². The van der Waals surface area contributed by atoms with Gasteiger partial charge in [-0.25, -0.2) is 9.59 Å². The fourth-order valence-electron chi connectivity index (χ4n) is 2.65. The van der Waals surface area contributed by atoms with E-state index in [0.717, 1.165) is 0 Å². The normalized spacial score (nSPS) is 25.6. The first-order valence-electron chi connectivity index (χ1n) is 6.72. The fourth-order valence-corrected chi connectivity index (χ4v) is 2.65. The van der Waals surface area contributed by atoms with Crippen molar-refractivity contribution in [2.75, 3.05) is 13.7 Å². The van der Waals surface area contributed by atoms with Crippen molar-refractivity contribution in [3.63, 3.8) is 0 Å². The molecule has 1 saturated carbocycles. The molecule has 0 spiro atoms. The second-order valence-corrected chi connectivity index (χ2v) is 6.78.